The molecule has 3 nitrogen and oxygen atoms in total. The van der Waals surface area contributed by atoms with Gasteiger partial charge in [-0.1, -0.05) is 56.4 Å². The van der Waals surface area contributed by atoms with Gasteiger partial charge in [-0.3, -0.25) is 9.36 Å². The van der Waals surface area contributed by atoms with Gasteiger partial charge in [-0.05, 0) is 50.7 Å². The Morgan fingerprint density at radius 2 is 1.93 bits per heavy atom. The molecule has 2 heterocycles. The third kappa shape index (κ3) is 3.80. The van der Waals surface area contributed by atoms with Crippen molar-refractivity contribution in [1.82, 2.24) is 9.55 Å². The standard InChI is InChI=1S/C24H30N2OS/c1-3-4-5-6-9-15-26-22(18-12-10-11-17(2)16-18)25-23-21(24(26)27)19-13-7-8-14-20(19)28-23/h10-12,16H,3-9,13-15H2,1-2H3. The summed E-state index contributed by atoms with van der Waals surface area (Å²) in [4.78, 5) is 21.0. The number of rotatable bonds is 7. The highest BCUT2D eigenvalue weighted by molar-refractivity contribution is 7.18. The third-order valence-electron chi connectivity index (χ3n) is 5.84. The number of unbranched alkanes of at least 4 members (excludes halogenated alkanes) is 4. The molecule has 0 spiro atoms. The fourth-order valence-corrected chi connectivity index (χ4v) is 5.58. The quantitative estimate of drug-likeness (QED) is 0.442. The van der Waals surface area contributed by atoms with Crippen LogP contribution in [-0.4, -0.2) is 9.55 Å². The van der Waals surface area contributed by atoms with Crippen LogP contribution in [0.5, 0.6) is 0 Å². The number of aromatic nitrogens is 2. The second-order valence-corrected chi connectivity index (χ2v) is 9.15. The van der Waals surface area contributed by atoms with Gasteiger partial charge >= 0.3 is 0 Å². The molecule has 0 amide bonds. The van der Waals surface area contributed by atoms with E-state index in [0.29, 0.717) is 0 Å². The topological polar surface area (TPSA) is 34.9 Å². The minimum absolute atomic E-state index is 0.177. The van der Waals surface area contributed by atoms with E-state index >= 15 is 0 Å². The van der Waals surface area contributed by atoms with Gasteiger partial charge < -0.3 is 0 Å². The van der Waals surface area contributed by atoms with Crippen molar-refractivity contribution in [3.8, 4) is 11.4 Å². The minimum atomic E-state index is 0.177. The van der Waals surface area contributed by atoms with Crippen LogP contribution in [0.3, 0.4) is 0 Å². The van der Waals surface area contributed by atoms with E-state index in [4.69, 9.17) is 4.98 Å². The first-order valence-electron chi connectivity index (χ1n) is 10.8. The maximum atomic E-state index is 13.6. The lowest BCUT2D eigenvalue weighted by molar-refractivity contribution is 0.560. The molecule has 0 atom stereocenters. The van der Waals surface area contributed by atoms with Crippen molar-refractivity contribution in [2.75, 3.05) is 0 Å². The molecular weight excluding hydrogens is 364 g/mol. The lowest BCUT2D eigenvalue weighted by Gasteiger charge is -2.14. The molecule has 28 heavy (non-hydrogen) atoms. The monoisotopic (exact) mass is 394 g/mol. The molecule has 4 heteroatoms. The summed E-state index contributed by atoms with van der Waals surface area (Å²) in [5.41, 5.74) is 3.72. The molecule has 2 aromatic heterocycles. The Balaban J connectivity index is 1.81. The van der Waals surface area contributed by atoms with Crippen LogP contribution in [0.4, 0.5) is 0 Å². The van der Waals surface area contributed by atoms with Gasteiger partial charge in [0, 0.05) is 17.0 Å². The molecule has 0 fully saturated rings. The molecule has 1 aliphatic rings. The molecule has 148 valence electrons. The van der Waals surface area contributed by atoms with Crippen LogP contribution in [0.1, 0.15) is 67.9 Å². The van der Waals surface area contributed by atoms with Gasteiger partial charge in [0.1, 0.15) is 10.7 Å². The van der Waals surface area contributed by atoms with Gasteiger partial charge in [-0.25, -0.2) is 4.98 Å². The van der Waals surface area contributed by atoms with E-state index in [9.17, 15) is 4.79 Å². The number of fused-ring (bicyclic) bond motifs is 3. The molecular formula is C24H30N2OS. The van der Waals surface area contributed by atoms with Crippen LogP contribution in [0.2, 0.25) is 0 Å². The molecule has 0 aliphatic heterocycles. The zero-order valence-electron chi connectivity index (χ0n) is 17.1. The van der Waals surface area contributed by atoms with E-state index in [2.05, 4.69) is 38.1 Å². The molecule has 1 aliphatic carbocycles. The van der Waals surface area contributed by atoms with Crippen LogP contribution >= 0.6 is 11.3 Å². The van der Waals surface area contributed by atoms with E-state index in [-0.39, 0.29) is 5.56 Å². The fraction of sp³-hybridized carbons (Fsp3) is 0.500. The summed E-state index contributed by atoms with van der Waals surface area (Å²) in [7, 11) is 0. The molecule has 0 bridgehead atoms. The Morgan fingerprint density at radius 1 is 1.11 bits per heavy atom. The van der Waals surface area contributed by atoms with Gasteiger partial charge in [0.15, 0.2) is 0 Å². The first kappa shape index (κ1) is 19.4. The van der Waals surface area contributed by atoms with Crippen molar-refractivity contribution < 1.29 is 0 Å². The number of thiophene rings is 1. The largest absolute Gasteiger partial charge is 0.292 e. The SMILES string of the molecule is CCCCCCCn1c(-c2cccc(C)c2)nc2sc3c(c2c1=O)CCCC3. The Kier molecular flexibility index (Phi) is 5.96. The predicted octanol–water partition coefficient (Wildman–Crippen LogP) is 6.28. The molecule has 4 rings (SSSR count). The first-order chi connectivity index (χ1) is 13.7. The number of benzene rings is 1. The zero-order chi connectivity index (χ0) is 19.5. The Hall–Kier alpha value is -1.94. The summed E-state index contributed by atoms with van der Waals surface area (Å²) < 4.78 is 1.96. The van der Waals surface area contributed by atoms with Crippen molar-refractivity contribution in [2.45, 2.75) is 78.2 Å². The Bertz CT molecular complexity index is 1030. The molecule has 3 aromatic rings. The summed E-state index contributed by atoms with van der Waals surface area (Å²) >= 11 is 1.75. The van der Waals surface area contributed by atoms with Gasteiger partial charge in [0.25, 0.3) is 5.56 Å². The van der Waals surface area contributed by atoms with Crippen molar-refractivity contribution in [3.05, 3.63) is 50.6 Å². The number of hydrogen-bond donors (Lipinski definition) is 0. The third-order valence-corrected chi connectivity index (χ3v) is 7.02. The highest BCUT2D eigenvalue weighted by Gasteiger charge is 2.22. The lowest BCUT2D eigenvalue weighted by Crippen LogP contribution is -2.24. The van der Waals surface area contributed by atoms with E-state index in [1.165, 1.54) is 54.5 Å². The molecule has 0 N–H and O–H groups in total. The Morgan fingerprint density at radius 3 is 2.75 bits per heavy atom. The average molecular weight is 395 g/mol. The lowest BCUT2D eigenvalue weighted by atomic mass is 9.97. The normalized spacial score (nSPS) is 13.8. The van der Waals surface area contributed by atoms with Crippen molar-refractivity contribution in [2.24, 2.45) is 0 Å². The number of hydrogen-bond acceptors (Lipinski definition) is 3. The second kappa shape index (κ2) is 8.60. The highest BCUT2D eigenvalue weighted by Crippen LogP contribution is 2.35. The first-order valence-corrected chi connectivity index (χ1v) is 11.6. The van der Waals surface area contributed by atoms with Crippen LogP contribution in [0.25, 0.3) is 21.6 Å². The van der Waals surface area contributed by atoms with Gasteiger partial charge in [-0.15, -0.1) is 11.3 Å². The molecule has 0 radical (unpaired) electrons. The molecule has 0 saturated carbocycles. The van der Waals surface area contributed by atoms with Crippen LogP contribution in [0.15, 0.2) is 29.1 Å². The van der Waals surface area contributed by atoms with Crippen LogP contribution < -0.4 is 5.56 Å². The summed E-state index contributed by atoms with van der Waals surface area (Å²) in [5.74, 6) is 0.843. The van der Waals surface area contributed by atoms with Gasteiger partial charge in [0.05, 0.1) is 5.39 Å². The number of aryl methyl sites for hydroxylation is 3. The highest BCUT2D eigenvalue weighted by atomic mass is 32.1. The van der Waals surface area contributed by atoms with Crippen LogP contribution in [-0.2, 0) is 19.4 Å². The maximum absolute atomic E-state index is 13.6. The zero-order valence-corrected chi connectivity index (χ0v) is 17.9. The second-order valence-electron chi connectivity index (χ2n) is 8.07. The minimum Gasteiger partial charge on any atom is -0.292 e. The predicted molar refractivity (Wildman–Crippen MR) is 119 cm³/mol. The van der Waals surface area contributed by atoms with Crippen molar-refractivity contribution in [1.29, 1.82) is 0 Å². The van der Waals surface area contributed by atoms with E-state index in [0.717, 1.165) is 47.4 Å². The summed E-state index contributed by atoms with van der Waals surface area (Å²) in [5, 5.41) is 0.907. The van der Waals surface area contributed by atoms with E-state index in [1.807, 2.05) is 4.57 Å². The Labute approximate surface area is 171 Å². The van der Waals surface area contributed by atoms with Crippen LogP contribution in [0, 0.1) is 6.92 Å². The fourth-order valence-electron chi connectivity index (χ4n) is 4.32. The average Bonchev–Trinajstić information content (AvgIpc) is 3.08. The molecule has 0 unspecified atom stereocenters. The maximum Gasteiger partial charge on any atom is 0.262 e. The van der Waals surface area contributed by atoms with Crippen molar-refractivity contribution >= 4 is 21.6 Å². The summed E-state index contributed by atoms with van der Waals surface area (Å²) in [6.07, 6.45) is 10.5. The molecule has 1 aromatic carbocycles. The van der Waals surface area contributed by atoms with Gasteiger partial charge in [0.2, 0.25) is 0 Å². The van der Waals surface area contributed by atoms with Crippen molar-refractivity contribution in [3.63, 3.8) is 0 Å². The van der Waals surface area contributed by atoms with E-state index in [1.54, 1.807) is 11.3 Å². The molecule has 0 saturated heterocycles. The smallest absolute Gasteiger partial charge is 0.262 e. The number of nitrogens with zero attached hydrogens (tertiary/aromatic N) is 2. The summed E-state index contributed by atoms with van der Waals surface area (Å²) in [6, 6.07) is 8.39. The van der Waals surface area contributed by atoms with Gasteiger partial charge in [-0.2, -0.15) is 0 Å². The van der Waals surface area contributed by atoms with E-state index < -0.39 is 0 Å². The summed E-state index contributed by atoms with van der Waals surface area (Å²) in [6.45, 7) is 5.09.